The third kappa shape index (κ3) is 3.46. The molecule has 0 radical (unpaired) electrons. The van der Waals surface area contributed by atoms with E-state index in [-0.39, 0.29) is 0 Å². The Morgan fingerprint density at radius 1 is 1.19 bits per heavy atom. The zero-order valence-corrected chi connectivity index (χ0v) is 10.3. The Balaban J connectivity index is 1.95. The van der Waals surface area contributed by atoms with Crippen LogP contribution in [-0.2, 0) is 0 Å². The van der Waals surface area contributed by atoms with Crippen LogP contribution in [0.1, 0.15) is 38.5 Å². The lowest BCUT2D eigenvalue weighted by atomic mass is 9.97. The molecule has 1 aliphatic rings. The first kappa shape index (κ1) is 11.9. The summed E-state index contributed by atoms with van der Waals surface area (Å²) >= 11 is 1.82. The van der Waals surface area contributed by atoms with Crippen molar-refractivity contribution >= 4 is 11.8 Å². The van der Waals surface area contributed by atoms with E-state index in [2.05, 4.69) is 9.97 Å². The van der Waals surface area contributed by atoms with Gasteiger partial charge in [0.25, 0.3) is 0 Å². The van der Waals surface area contributed by atoms with E-state index < -0.39 is 0 Å². The normalized spacial score (nSPS) is 27.1. The lowest BCUT2D eigenvalue weighted by Gasteiger charge is -2.25. The zero-order valence-electron chi connectivity index (χ0n) is 9.51. The minimum absolute atomic E-state index is 0.320. The van der Waals surface area contributed by atoms with Gasteiger partial charge >= 0.3 is 0 Å². The van der Waals surface area contributed by atoms with Crippen molar-refractivity contribution in [2.45, 2.75) is 54.8 Å². The Kier molecular flexibility index (Phi) is 4.60. The summed E-state index contributed by atoms with van der Waals surface area (Å²) in [7, 11) is 0. The molecular formula is C12H19N3S. The van der Waals surface area contributed by atoms with Gasteiger partial charge in [-0.15, -0.1) is 11.8 Å². The van der Waals surface area contributed by atoms with Crippen LogP contribution in [0.5, 0.6) is 0 Å². The van der Waals surface area contributed by atoms with Gasteiger partial charge in [-0.2, -0.15) is 0 Å². The third-order valence-corrected chi connectivity index (χ3v) is 4.45. The Morgan fingerprint density at radius 3 is 2.75 bits per heavy atom. The summed E-state index contributed by atoms with van der Waals surface area (Å²) in [6.07, 6.45) is 11.1. The van der Waals surface area contributed by atoms with Crippen molar-refractivity contribution in [2.24, 2.45) is 5.73 Å². The van der Waals surface area contributed by atoms with Gasteiger partial charge in [-0.3, -0.25) is 0 Å². The van der Waals surface area contributed by atoms with Crippen molar-refractivity contribution < 1.29 is 0 Å². The van der Waals surface area contributed by atoms with E-state index >= 15 is 0 Å². The molecule has 1 fully saturated rings. The number of aromatic nitrogens is 2. The average molecular weight is 237 g/mol. The lowest BCUT2D eigenvalue weighted by Crippen LogP contribution is -2.33. The van der Waals surface area contributed by atoms with Crippen molar-refractivity contribution in [1.82, 2.24) is 9.97 Å². The number of hydrogen-bond donors (Lipinski definition) is 1. The summed E-state index contributed by atoms with van der Waals surface area (Å²) in [4.78, 5) is 8.19. The first-order valence-electron chi connectivity index (χ1n) is 6.04. The van der Waals surface area contributed by atoms with Crippen LogP contribution in [0.2, 0.25) is 0 Å². The molecule has 88 valence electrons. The Bertz CT molecular complexity index is 304. The topological polar surface area (TPSA) is 51.8 Å². The number of hydrogen-bond acceptors (Lipinski definition) is 4. The maximum atomic E-state index is 6.23. The van der Waals surface area contributed by atoms with Gasteiger partial charge in [0.05, 0.1) is 5.03 Å². The van der Waals surface area contributed by atoms with E-state index in [1.807, 2.05) is 17.8 Å². The van der Waals surface area contributed by atoms with Crippen LogP contribution < -0.4 is 5.73 Å². The van der Waals surface area contributed by atoms with Crippen LogP contribution in [0.25, 0.3) is 0 Å². The molecule has 2 rings (SSSR count). The van der Waals surface area contributed by atoms with Crippen LogP contribution in [0.15, 0.2) is 23.6 Å². The highest BCUT2D eigenvalue weighted by molar-refractivity contribution is 7.99. The van der Waals surface area contributed by atoms with Gasteiger partial charge in [0.1, 0.15) is 6.33 Å². The average Bonchev–Trinajstić information content (AvgIpc) is 2.30. The minimum atomic E-state index is 0.320. The number of nitrogens with zero attached hydrogens (tertiary/aromatic N) is 2. The summed E-state index contributed by atoms with van der Waals surface area (Å²) in [5.74, 6) is 0. The summed E-state index contributed by atoms with van der Waals surface area (Å²) in [5, 5.41) is 1.58. The molecule has 1 aromatic rings. The van der Waals surface area contributed by atoms with Crippen LogP contribution in [0, 0.1) is 0 Å². The molecule has 0 amide bonds. The molecule has 0 aromatic carbocycles. The second kappa shape index (κ2) is 6.21. The standard InChI is InChI=1S/C12H19N3S/c13-10-5-3-1-2-4-6-11(10)16-12-7-8-14-9-15-12/h7-11H,1-6,13H2. The lowest BCUT2D eigenvalue weighted by molar-refractivity contribution is 0.463. The minimum Gasteiger partial charge on any atom is -0.327 e. The molecule has 2 atom stereocenters. The van der Waals surface area contributed by atoms with Crippen molar-refractivity contribution in [3.05, 3.63) is 18.6 Å². The first-order valence-corrected chi connectivity index (χ1v) is 6.92. The molecule has 2 unspecified atom stereocenters. The zero-order chi connectivity index (χ0) is 11.2. The van der Waals surface area contributed by atoms with Crippen molar-refractivity contribution in [2.75, 3.05) is 0 Å². The first-order chi connectivity index (χ1) is 7.86. The molecule has 1 heterocycles. The van der Waals surface area contributed by atoms with Gasteiger partial charge in [0.15, 0.2) is 0 Å². The summed E-state index contributed by atoms with van der Waals surface area (Å²) in [6.45, 7) is 0. The van der Waals surface area contributed by atoms with Crippen LogP contribution >= 0.6 is 11.8 Å². The molecular weight excluding hydrogens is 218 g/mol. The van der Waals surface area contributed by atoms with Gasteiger partial charge in [-0.05, 0) is 18.9 Å². The molecule has 1 saturated carbocycles. The van der Waals surface area contributed by atoms with E-state index in [0.29, 0.717) is 11.3 Å². The van der Waals surface area contributed by atoms with Crippen LogP contribution in [-0.4, -0.2) is 21.3 Å². The SMILES string of the molecule is NC1CCCCCCC1Sc1ccncn1. The van der Waals surface area contributed by atoms with Gasteiger partial charge in [0.2, 0.25) is 0 Å². The summed E-state index contributed by atoms with van der Waals surface area (Å²) in [5.41, 5.74) is 6.23. The molecule has 0 aliphatic heterocycles. The number of thioether (sulfide) groups is 1. The summed E-state index contributed by atoms with van der Waals surface area (Å²) in [6, 6.07) is 2.29. The van der Waals surface area contributed by atoms with Gasteiger partial charge in [-0.25, -0.2) is 9.97 Å². The highest BCUT2D eigenvalue weighted by Gasteiger charge is 2.20. The monoisotopic (exact) mass is 237 g/mol. The van der Waals surface area contributed by atoms with Crippen molar-refractivity contribution in [1.29, 1.82) is 0 Å². The molecule has 16 heavy (non-hydrogen) atoms. The van der Waals surface area contributed by atoms with E-state index in [4.69, 9.17) is 5.73 Å². The second-order valence-electron chi connectivity index (χ2n) is 4.36. The van der Waals surface area contributed by atoms with Gasteiger partial charge < -0.3 is 5.73 Å². The Hall–Kier alpha value is -0.610. The van der Waals surface area contributed by atoms with E-state index in [1.54, 1.807) is 12.5 Å². The largest absolute Gasteiger partial charge is 0.327 e. The predicted molar refractivity (Wildman–Crippen MR) is 67.4 cm³/mol. The fourth-order valence-electron chi connectivity index (χ4n) is 2.13. The molecule has 0 bridgehead atoms. The Morgan fingerprint density at radius 2 is 2.00 bits per heavy atom. The van der Waals surface area contributed by atoms with Crippen molar-refractivity contribution in [3.8, 4) is 0 Å². The second-order valence-corrected chi connectivity index (χ2v) is 5.62. The van der Waals surface area contributed by atoms with E-state index in [0.717, 1.165) is 11.4 Å². The maximum absolute atomic E-state index is 6.23. The summed E-state index contributed by atoms with van der Waals surface area (Å²) < 4.78 is 0. The van der Waals surface area contributed by atoms with Crippen molar-refractivity contribution in [3.63, 3.8) is 0 Å². The highest BCUT2D eigenvalue weighted by Crippen LogP contribution is 2.30. The van der Waals surface area contributed by atoms with Gasteiger partial charge in [-0.1, -0.05) is 25.7 Å². The molecule has 1 aliphatic carbocycles. The smallest absolute Gasteiger partial charge is 0.116 e. The third-order valence-electron chi connectivity index (χ3n) is 3.08. The van der Waals surface area contributed by atoms with Crippen LogP contribution in [0.3, 0.4) is 0 Å². The molecule has 0 saturated heterocycles. The molecule has 2 N–H and O–H groups in total. The van der Waals surface area contributed by atoms with E-state index in [1.165, 1.54) is 32.1 Å². The maximum Gasteiger partial charge on any atom is 0.116 e. The molecule has 0 spiro atoms. The molecule has 3 nitrogen and oxygen atoms in total. The number of rotatable bonds is 2. The molecule has 4 heteroatoms. The highest BCUT2D eigenvalue weighted by atomic mass is 32.2. The van der Waals surface area contributed by atoms with Crippen LogP contribution in [0.4, 0.5) is 0 Å². The number of nitrogens with two attached hydrogens (primary N) is 1. The molecule has 1 aromatic heterocycles. The fraction of sp³-hybridized carbons (Fsp3) is 0.667. The Labute approximate surface area is 101 Å². The predicted octanol–water partition coefficient (Wildman–Crippen LogP) is 2.62. The fourth-order valence-corrected chi connectivity index (χ4v) is 3.28. The quantitative estimate of drug-likeness (QED) is 0.803. The van der Waals surface area contributed by atoms with Gasteiger partial charge in [0, 0.05) is 17.5 Å². The van der Waals surface area contributed by atoms with E-state index in [9.17, 15) is 0 Å².